The number of methoxy groups -OCH3 is 1. The van der Waals surface area contributed by atoms with Crippen molar-refractivity contribution in [2.75, 3.05) is 7.11 Å². The number of benzene rings is 4. The Morgan fingerprint density at radius 2 is 1.70 bits per heavy atom. The molecule has 0 aliphatic heterocycles. The van der Waals surface area contributed by atoms with E-state index in [9.17, 15) is 4.79 Å². The largest absolute Gasteiger partial charge is 0.497 e. The van der Waals surface area contributed by atoms with Gasteiger partial charge in [-0.25, -0.2) is 5.43 Å². The molecule has 0 saturated carbocycles. The summed E-state index contributed by atoms with van der Waals surface area (Å²) in [5.74, 6) is 0.984. The molecular formula is C26H20Br2N2O3. The molecule has 0 atom stereocenters. The Bertz CT molecular complexity index is 1310. The highest BCUT2D eigenvalue weighted by molar-refractivity contribution is 9.11. The summed E-state index contributed by atoms with van der Waals surface area (Å²) in [7, 11) is 1.56. The van der Waals surface area contributed by atoms with Crippen LogP contribution in [0.3, 0.4) is 0 Å². The number of rotatable bonds is 7. The number of ether oxygens (including phenoxy) is 2. The fourth-order valence-electron chi connectivity index (χ4n) is 3.35. The molecule has 0 heterocycles. The zero-order chi connectivity index (χ0) is 23.2. The van der Waals surface area contributed by atoms with Crippen LogP contribution in [0.25, 0.3) is 10.8 Å². The summed E-state index contributed by atoms with van der Waals surface area (Å²) >= 11 is 7.15. The number of carbonyl (C=O) groups excluding carboxylic acids is 1. The van der Waals surface area contributed by atoms with Gasteiger partial charge in [-0.3, -0.25) is 4.79 Å². The molecule has 0 radical (unpaired) electrons. The first-order valence-corrected chi connectivity index (χ1v) is 11.7. The maximum Gasteiger partial charge on any atom is 0.271 e. The van der Waals surface area contributed by atoms with E-state index in [1.165, 1.54) is 10.8 Å². The maximum atomic E-state index is 12.3. The van der Waals surface area contributed by atoms with E-state index in [0.717, 1.165) is 20.1 Å². The lowest BCUT2D eigenvalue weighted by Crippen LogP contribution is -2.17. The van der Waals surface area contributed by atoms with Gasteiger partial charge in [0.25, 0.3) is 5.91 Å². The number of nitrogens with one attached hydrogen (secondary N) is 1. The van der Waals surface area contributed by atoms with Crippen LogP contribution in [0.2, 0.25) is 0 Å². The molecule has 0 fully saturated rings. The molecule has 1 amide bonds. The molecule has 5 nitrogen and oxygen atoms in total. The summed E-state index contributed by atoms with van der Waals surface area (Å²) in [6.07, 6.45) is 1.57. The normalized spacial score (nSPS) is 11.0. The van der Waals surface area contributed by atoms with Crippen molar-refractivity contribution in [2.45, 2.75) is 6.61 Å². The van der Waals surface area contributed by atoms with Crippen molar-refractivity contribution in [3.8, 4) is 11.5 Å². The van der Waals surface area contributed by atoms with Crippen LogP contribution in [-0.4, -0.2) is 19.2 Å². The average Bonchev–Trinajstić information content (AvgIpc) is 2.83. The second-order valence-corrected chi connectivity index (χ2v) is 8.88. The fourth-order valence-corrected chi connectivity index (χ4v) is 4.81. The summed E-state index contributed by atoms with van der Waals surface area (Å²) in [6, 6.07) is 25.1. The summed E-state index contributed by atoms with van der Waals surface area (Å²) < 4.78 is 12.8. The van der Waals surface area contributed by atoms with Crippen LogP contribution in [0, 0.1) is 0 Å². The molecule has 0 aliphatic rings. The molecule has 4 aromatic rings. The first kappa shape index (κ1) is 23.0. The monoisotopic (exact) mass is 566 g/mol. The van der Waals surface area contributed by atoms with Gasteiger partial charge < -0.3 is 9.47 Å². The van der Waals surface area contributed by atoms with Gasteiger partial charge in [-0.05, 0) is 84.1 Å². The van der Waals surface area contributed by atoms with Crippen molar-refractivity contribution in [2.24, 2.45) is 5.10 Å². The number of amides is 1. The van der Waals surface area contributed by atoms with E-state index in [1.807, 2.05) is 30.3 Å². The molecule has 166 valence electrons. The molecule has 0 spiro atoms. The lowest BCUT2D eigenvalue weighted by Gasteiger charge is -2.13. The van der Waals surface area contributed by atoms with Gasteiger partial charge in [-0.15, -0.1) is 0 Å². The van der Waals surface area contributed by atoms with Crippen molar-refractivity contribution in [1.82, 2.24) is 5.43 Å². The van der Waals surface area contributed by atoms with Crippen molar-refractivity contribution in [3.05, 3.63) is 104 Å². The third kappa shape index (κ3) is 5.61. The van der Waals surface area contributed by atoms with Gasteiger partial charge >= 0.3 is 0 Å². The van der Waals surface area contributed by atoms with Crippen LogP contribution in [0.15, 0.2) is 92.9 Å². The van der Waals surface area contributed by atoms with Crippen LogP contribution in [0.1, 0.15) is 21.5 Å². The number of hydrogen-bond acceptors (Lipinski definition) is 4. The number of hydrogen-bond donors (Lipinski definition) is 1. The smallest absolute Gasteiger partial charge is 0.271 e. The quantitative estimate of drug-likeness (QED) is 0.199. The highest BCUT2D eigenvalue weighted by atomic mass is 79.9. The minimum absolute atomic E-state index is 0.321. The second kappa shape index (κ2) is 10.6. The Labute approximate surface area is 208 Å². The first-order valence-electron chi connectivity index (χ1n) is 10.1. The van der Waals surface area contributed by atoms with Gasteiger partial charge in [-0.2, -0.15) is 5.10 Å². The molecule has 7 heteroatoms. The molecule has 0 bridgehead atoms. The van der Waals surface area contributed by atoms with Gasteiger partial charge in [0.15, 0.2) is 0 Å². The molecule has 0 saturated heterocycles. The van der Waals surface area contributed by atoms with Crippen LogP contribution < -0.4 is 14.9 Å². The minimum atomic E-state index is -0.321. The number of carbonyl (C=O) groups is 1. The zero-order valence-corrected chi connectivity index (χ0v) is 20.9. The second-order valence-electron chi connectivity index (χ2n) is 7.17. The number of fused-ring (bicyclic) bond motifs is 1. The van der Waals surface area contributed by atoms with Gasteiger partial charge in [0.1, 0.15) is 18.1 Å². The standard InChI is InChI=1S/C26H20Br2N2O3/c1-32-21-10-5-8-19(14-21)26(31)30-29-15-17-12-23(27)25(24(28)13-17)33-16-20-9-4-7-18-6-2-3-11-22(18)20/h2-15H,16H2,1H3,(H,30,31)/b29-15-. The van der Waals surface area contributed by atoms with E-state index < -0.39 is 0 Å². The van der Waals surface area contributed by atoms with E-state index in [0.29, 0.717) is 23.7 Å². The Hall–Kier alpha value is -3.16. The molecular weight excluding hydrogens is 548 g/mol. The van der Waals surface area contributed by atoms with E-state index in [-0.39, 0.29) is 5.91 Å². The van der Waals surface area contributed by atoms with Crippen LogP contribution >= 0.6 is 31.9 Å². The summed E-state index contributed by atoms with van der Waals surface area (Å²) in [5.41, 5.74) is 4.89. The van der Waals surface area contributed by atoms with Crippen LogP contribution in [0.5, 0.6) is 11.5 Å². The van der Waals surface area contributed by atoms with E-state index in [1.54, 1.807) is 37.6 Å². The molecule has 0 unspecified atom stereocenters. The fraction of sp³-hybridized carbons (Fsp3) is 0.0769. The summed E-state index contributed by atoms with van der Waals surface area (Å²) in [5, 5.41) is 6.41. The third-order valence-corrected chi connectivity index (χ3v) is 6.16. The minimum Gasteiger partial charge on any atom is -0.497 e. The van der Waals surface area contributed by atoms with Gasteiger partial charge in [0, 0.05) is 5.56 Å². The molecule has 0 aromatic heterocycles. The molecule has 33 heavy (non-hydrogen) atoms. The topological polar surface area (TPSA) is 59.9 Å². The Morgan fingerprint density at radius 1 is 0.970 bits per heavy atom. The Morgan fingerprint density at radius 3 is 2.48 bits per heavy atom. The summed E-state index contributed by atoms with van der Waals surface area (Å²) in [6.45, 7) is 0.433. The predicted molar refractivity (Wildman–Crippen MR) is 138 cm³/mol. The van der Waals surface area contributed by atoms with Crippen molar-refractivity contribution >= 4 is 54.8 Å². The highest BCUT2D eigenvalue weighted by Crippen LogP contribution is 2.35. The van der Waals surface area contributed by atoms with Crippen LogP contribution in [0.4, 0.5) is 0 Å². The number of nitrogens with zero attached hydrogens (tertiary/aromatic N) is 1. The Balaban J connectivity index is 1.44. The lowest BCUT2D eigenvalue weighted by atomic mass is 10.1. The zero-order valence-electron chi connectivity index (χ0n) is 17.7. The number of hydrazone groups is 1. The average molecular weight is 568 g/mol. The van der Waals surface area contributed by atoms with E-state index in [2.05, 4.69) is 66.7 Å². The number of halogens is 2. The highest BCUT2D eigenvalue weighted by Gasteiger charge is 2.10. The van der Waals surface area contributed by atoms with Crippen molar-refractivity contribution in [1.29, 1.82) is 0 Å². The predicted octanol–water partition coefficient (Wildman–Crippen LogP) is 6.72. The van der Waals surface area contributed by atoms with Crippen molar-refractivity contribution < 1.29 is 14.3 Å². The lowest BCUT2D eigenvalue weighted by molar-refractivity contribution is 0.0955. The van der Waals surface area contributed by atoms with Crippen molar-refractivity contribution in [3.63, 3.8) is 0 Å². The molecule has 4 rings (SSSR count). The SMILES string of the molecule is COc1cccc(C(=O)N/N=C\c2cc(Br)c(OCc3cccc4ccccc34)c(Br)c2)c1. The Kier molecular flexibility index (Phi) is 7.42. The van der Waals surface area contributed by atoms with Gasteiger partial charge in [0.2, 0.25) is 0 Å². The molecule has 0 aliphatic carbocycles. The first-order chi connectivity index (χ1) is 16.0. The molecule has 4 aromatic carbocycles. The van der Waals surface area contributed by atoms with Gasteiger partial charge in [0.05, 0.1) is 22.3 Å². The summed E-state index contributed by atoms with van der Waals surface area (Å²) in [4.78, 5) is 12.3. The maximum absolute atomic E-state index is 12.3. The van der Waals surface area contributed by atoms with E-state index >= 15 is 0 Å². The van der Waals surface area contributed by atoms with E-state index in [4.69, 9.17) is 9.47 Å². The van der Waals surface area contributed by atoms with Gasteiger partial charge in [-0.1, -0.05) is 48.5 Å². The van der Waals surface area contributed by atoms with Crippen LogP contribution in [-0.2, 0) is 6.61 Å². The third-order valence-electron chi connectivity index (χ3n) is 4.98. The molecule has 1 N–H and O–H groups in total.